The number of nitrogens with zero attached hydrogens (tertiary/aromatic N) is 1. The van der Waals surface area contributed by atoms with Gasteiger partial charge in [0.25, 0.3) is 11.7 Å². The quantitative estimate of drug-likeness (QED) is 0.179. The van der Waals surface area contributed by atoms with Crippen LogP contribution in [0.3, 0.4) is 0 Å². The smallest absolute Gasteiger partial charge is 0.295 e. The molecule has 1 aliphatic rings. The van der Waals surface area contributed by atoms with Crippen LogP contribution in [0.5, 0.6) is 0 Å². The summed E-state index contributed by atoms with van der Waals surface area (Å²) < 4.78 is 0.861. The number of hydrogen-bond donors (Lipinski definition) is 2. The van der Waals surface area contributed by atoms with Gasteiger partial charge in [0.1, 0.15) is 5.76 Å². The number of rotatable bonds is 6. The number of fused-ring (bicyclic) bond motifs is 1. The van der Waals surface area contributed by atoms with E-state index in [1.165, 1.54) is 0 Å². The van der Waals surface area contributed by atoms with E-state index in [2.05, 4.69) is 27.8 Å². The lowest BCUT2D eigenvalue weighted by molar-refractivity contribution is -0.139. The number of aliphatic hydroxyl groups is 1. The van der Waals surface area contributed by atoms with Crippen LogP contribution in [0.2, 0.25) is 0 Å². The molecule has 176 valence electrons. The van der Waals surface area contributed by atoms with Crippen LogP contribution in [-0.2, 0) is 22.4 Å². The Morgan fingerprint density at radius 3 is 2.43 bits per heavy atom. The lowest BCUT2D eigenvalue weighted by atomic mass is 9.94. The van der Waals surface area contributed by atoms with E-state index >= 15 is 0 Å². The van der Waals surface area contributed by atoms with Crippen molar-refractivity contribution in [1.29, 1.82) is 0 Å². The molecule has 6 heteroatoms. The Labute approximate surface area is 212 Å². The summed E-state index contributed by atoms with van der Waals surface area (Å²) in [6.07, 6.45) is 3.42. The Morgan fingerprint density at radius 2 is 1.71 bits per heavy atom. The molecule has 3 aromatic carbocycles. The third-order valence-electron chi connectivity index (χ3n) is 6.66. The third-order valence-corrected chi connectivity index (χ3v) is 7.19. The number of carbonyl (C=O) groups is 2. The standard InChI is InChI=1S/C29H25BrN2O3/c1-2-18-7-9-19(10-8-18)26-25(27(33)20-11-13-22(30)14-12-20)28(34)29(35)32(26)16-15-21-17-31-24-6-4-3-5-23(21)24/h3-14,17,26,31,33H,2,15-16H2,1H3/b27-25-. The highest BCUT2D eigenvalue weighted by Gasteiger charge is 2.45. The van der Waals surface area contributed by atoms with Crippen LogP contribution in [0, 0.1) is 0 Å². The number of likely N-dealkylation sites (tertiary alicyclic amines) is 1. The van der Waals surface area contributed by atoms with Crippen LogP contribution in [0.1, 0.15) is 35.2 Å². The first-order valence-corrected chi connectivity index (χ1v) is 12.5. The predicted molar refractivity (Wildman–Crippen MR) is 141 cm³/mol. The SMILES string of the molecule is CCc1ccc(C2/C(=C(/O)c3ccc(Br)cc3)C(=O)C(=O)N2CCc2c[nH]c3ccccc23)cc1. The van der Waals surface area contributed by atoms with Crippen molar-refractivity contribution < 1.29 is 14.7 Å². The molecular weight excluding hydrogens is 504 g/mol. The number of Topliss-reactive ketones (excluding diaryl/α,β-unsaturated/α-hetero) is 1. The van der Waals surface area contributed by atoms with Gasteiger partial charge in [-0.2, -0.15) is 0 Å². The van der Waals surface area contributed by atoms with E-state index in [0.29, 0.717) is 18.5 Å². The van der Waals surface area contributed by atoms with Crippen LogP contribution in [-0.4, -0.2) is 33.2 Å². The van der Waals surface area contributed by atoms with Crippen LogP contribution in [0.25, 0.3) is 16.7 Å². The largest absolute Gasteiger partial charge is 0.507 e. The molecular formula is C29H25BrN2O3. The van der Waals surface area contributed by atoms with Crippen molar-refractivity contribution in [3.05, 3.63) is 111 Å². The van der Waals surface area contributed by atoms with Gasteiger partial charge in [0, 0.05) is 33.7 Å². The first-order valence-electron chi connectivity index (χ1n) is 11.7. The molecule has 2 heterocycles. The average molecular weight is 529 g/mol. The second-order valence-corrected chi connectivity index (χ2v) is 9.62. The second-order valence-electron chi connectivity index (χ2n) is 8.70. The first kappa shape index (κ1) is 23.1. The average Bonchev–Trinajstić information content (AvgIpc) is 3.41. The summed E-state index contributed by atoms with van der Waals surface area (Å²) in [4.78, 5) is 31.4. The zero-order valence-electron chi connectivity index (χ0n) is 19.3. The van der Waals surface area contributed by atoms with Crippen molar-refractivity contribution in [2.45, 2.75) is 25.8 Å². The van der Waals surface area contributed by atoms with Gasteiger partial charge in [-0.05, 0) is 47.7 Å². The number of aromatic amines is 1. The summed E-state index contributed by atoms with van der Waals surface area (Å²) in [6.45, 7) is 2.43. The van der Waals surface area contributed by atoms with E-state index < -0.39 is 17.7 Å². The molecule has 0 saturated carbocycles. The molecule has 2 N–H and O–H groups in total. The van der Waals surface area contributed by atoms with Crippen molar-refractivity contribution in [2.24, 2.45) is 0 Å². The summed E-state index contributed by atoms with van der Waals surface area (Å²) in [7, 11) is 0. The highest BCUT2D eigenvalue weighted by atomic mass is 79.9. The van der Waals surface area contributed by atoms with E-state index in [1.54, 1.807) is 29.2 Å². The van der Waals surface area contributed by atoms with Gasteiger partial charge in [-0.25, -0.2) is 0 Å². The number of benzene rings is 3. The molecule has 1 aliphatic heterocycles. The molecule has 0 spiro atoms. The fourth-order valence-electron chi connectivity index (χ4n) is 4.74. The number of para-hydroxylation sites is 1. The van der Waals surface area contributed by atoms with Gasteiger partial charge in [0.05, 0.1) is 11.6 Å². The number of nitrogens with one attached hydrogen (secondary N) is 1. The fraction of sp³-hybridized carbons (Fsp3) is 0.172. The van der Waals surface area contributed by atoms with Gasteiger partial charge in [0.15, 0.2) is 0 Å². The van der Waals surface area contributed by atoms with Crippen molar-refractivity contribution in [2.75, 3.05) is 6.54 Å². The van der Waals surface area contributed by atoms with Crippen LogP contribution < -0.4 is 0 Å². The van der Waals surface area contributed by atoms with Gasteiger partial charge < -0.3 is 15.0 Å². The molecule has 1 atom stereocenters. The maximum atomic E-state index is 13.3. The molecule has 1 fully saturated rings. The number of amides is 1. The van der Waals surface area contributed by atoms with E-state index in [4.69, 9.17) is 0 Å². The van der Waals surface area contributed by atoms with E-state index in [-0.39, 0.29) is 11.3 Å². The second kappa shape index (κ2) is 9.55. The number of aromatic nitrogens is 1. The van der Waals surface area contributed by atoms with E-state index in [1.807, 2.05) is 54.7 Å². The number of halogens is 1. The van der Waals surface area contributed by atoms with Crippen molar-refractivity contribution >= 4 is 44.3 Å². The molecule has 0 bridgehead atoms. The predicted octanol–water partition coefficient (Wildman–Crippen LogP) is 6.16. The molecule has 0 aliphatic carbocycles. The maximum absolute atomic E-state index is 13.3. The lowest BCUT2D eigenvalue weighted by Crippen LogP contribution is -2.31. The number of aryl methyl sites for hydroxylation is 1. The van der Waals surface area contributed by atoms with Crippen LogP contribution in [0.15, 0.2) is 89.0 Å². The maximum Gasteiger partial charge on any atom is 0.295 e. The first-order chi connectivity index (χ1) is 17.0. The van der Waals surface area contributed by atoms with Gasteiger partial charge in [-0.3, -0.25) is 9.59 Å². The molecule has 1 amide bonds. The Bertz CT molecular complexity index is 1440. The number of aliphatic hydroxyl groups excluding tert-OH is 1. The van der Waals surface area contributed by atoms with Gasteiger partial charge >= 0.3 is 0 Å². The Hall–Kier alpha value is -3.64. The minimum absolute atomic E-state index is 0.125. The van der Waals surface area contributed by atoms with E-state index in [9.17, 15) is 14.7 Å². The highest BCUT2D eigenvalue weighted by Crippen LogP contribution is 2.40. The van der Waals surface area contributed by atoms with Crippen molar-refractivity contribution in [3.63, 3.8) is 0 Å². The normalized spacial score (nSPS) is 17.4. The molecule has 1 saturated heterocycles. The number of hydrogen-bond acceptors (Lipinski definition) is 3. The molecule has 5 nitrogen and oxygen atoms in total. The minimum Gasteiger partial charge on any atom is -0.507 e. The zero-order valence-corrected chi connectivity index (χ0v) is 20.9. The van der Waals surface area contributed by atoms with Crippen molar-refractivity contribution in [1.82, 2.24) is 9.88 Å². The van der Waals surface area contributed by atoms with Crippen LogP contribution in [0.4, 0.5) is 0 Å². The van der Waals surface area contributed by atoms with Crippen molar-refractivity contribution in [3.8, 4) is 0 Å². The van der Waals surface area contributed by atoms with Gasteiger partial charge in [-0.15, -0.1) is 0 Å². The highest BCUT2D eigenvalue weighted by molar-refractivity contribution is 9.10. The molecule has 0 radical (unpaired) electrons. The van der Waals surface area contributed by atoms with E-state index in [0.717, 1.165) is 38.5 Å². The third kappa shape index (κ3) is 4.30. The van der Waals surface area contributed by atoms with Gasteiger partial charge in [0.2, 0.25) is 0 Å². The molecule has 1 unspecified atom stereocenters. The summed E-state index contributed by atoms with van der Waals surface area (Å²) in [5.41, 5.74) is 4.71. The zero-order chi connectivity index (χ0) is 24.5. The Morgan fingerprint density at radius 1 is 1.00 bits per heavy atom. The van der Waals surface area contributed by atoms with Crippen LogP contribution >= 0.6 is 15.9 Å². The number of carbonyl (C=O) groups excluding carboxylic acids is 2. The Balaban J connectivity index is 1.56. The summed E-state index contributed by atoms with van der Waals surface area (Å²) in [5.74, 6) is -1.41. The molecule has 1 aromatic heterocycles. The monoisotopic (exact) mass is 528 g/mol. The number of ketones is 1. The van der Waals surface area contributed by atoms with Gasteiger partial charge in [-0.1, -0.05) is 77.5 Å². The lowest BCUT2D eigenvalue weighted by Gasteiger charge is -2.25. The minimum atomic E-state index is -0.658. The summed E-state index contributed by atoms with van der Waals surface area (Å²) in [6, 6.07) is 22.3. The fourth-order valence-corrected chi connectivity index (χ4v) is 5.00. The molecule has 4 aromatic rings. The summed E-state index contributed by atoms with van der Waals surface area (Å²) in [5, 5.41) is 12.3. The topological polar surface area (TPSA) is 73.4 Å². The number of H-pyrrole nitrogens is 1. The molecule has 5 rings (SSSR count). The summed E-state index contributed by atoms with van der Waals surface area (Å²) >= 11 is 3.40. The molecule has 35 heavy (non-hydrogen) atoms. The Kier molecular flexibility index (Phi) is 6.31.